The normalized spacial score (nSPS) is 48.7. The molecular weight excluding hydrogens is 520 g/mol. The summed E-state index contributed by atoms with van der Waals surface area (Å²) >= 11 is 0. The Hall–Kier alpha value is -0.640. The third-order valence-electron chi connectivity index (χ3n) is 6.55. The van der Waals surface area contributed by atoms with E-state index in [0.29, 0.717) is 0 Å². The van der Waals surface area contributed by atoms with Gasteiger partial charge in [0.25, 0.3) is 0 Å². The molecule has 3 heterocycles. The quantitative estimate of drug-likeness (QED) is 0.133. The minimum Gasteiger partial charge on any atom is -0.394 e. The molecule has 38 heavy (non-hydrogen) atoms. The molecule has 224 valence electrons. The molecule has 3 rings (SSSR count). The number of aliphatic hydroxyl groups excluding tert-OH is 10. The standard InChI is InChI=1S/C22H40O16/c1-22(2,3)38-18-9(6-25)35-21(15(31)12(18)28)37-17-8(5-24)34-20(14(30)11(17)27)36-16-7(4-23)33-19(32)13(29)10(16)26/h7-21,23-32H,4-6H2,1-3H3. The van der Waals surface area contributed by atoms with Crippen molar-refractivity contribution in [3.05, 3.63) is 0 Å². The van der Waals surface area contributed by atoms with Crippen LogP contribution < -0.4 is 0 Å². The van der Waals surface area contributed by atoms with E-state index in [1.807, 2.05) is 0 Å². The van der Waals surface area contributed by atoms with Gasteiger partial charge in [0.15, 0.2) is 18.9 Å². The summed E-state index contributed by atoms with van der Waals surface area (Å²) in [5, 5.41) is 102. The van der Waals surface area contributed by atoms with Crippen molar-refractivity contribution in [2.45, 2.75) is 118 Å². The summed E-state index contributed by atoms with van der Waals surface area (Å²) in [6, 6.07) is 0. The first-order valence-electron chi connectivity index (χ1n) is 12.3. The molecule has 16 heteroatoms. The molecule has 3 aliphatic rings. The average molecular weight is 561 g/mol. The van der Waals surface area contributed by atoms with Crippen LogP contribution in [0.15, 0.2) is 0 Å². The van der Waals surface area contributed by atoms with Gasteiger partial charge in [-0.05, 0) is 20.8 Å². The fourth-order valence-electron chi connectivity index (χ4n) is 4.60. The van der Waals surface area contributed by atoms with Gasteiger partial charge in [0, 0.05) is 0 Å². The topological polar surface area (TPSA) is 258 Å². The fourth-order valence-corrected chi connectivity index (χ4v) is 4.60. The smallest absolute Gasteiger partial charge is 0.187 e. The first kappa shape index (κ1) is 31.9. The van der Waals surface area contributed by atoms with Gasteiger partial charge in [0.05, 0.1) is 25.4 Å². The van der Waals surface area contributed by atoms with Crippen molar-refractivity contribution in [1.29, 1.82) is 0 Å². The largest absolute Gasteiger partial charge is 0.394 e. The molecule has 15 unspecified atom stereocenters. The molecular formula is C22H40O16. The Labute approximate surface area is 218 Å². The highest BCUT2D eigenvalue weighted by Crippen LogP contribution is 2.33. The van der Waals surface area contributed by atoms with Gasteiger partial charge in [-0.15, -0.1) is 0 Å². The molecule has 0 aliphatic carbocycles. The molecule has 3 aliphatic heterocycles. The van der Waals surface area contributed by atoms with E-state index in [1.165, 1.54) is 0 Å². The second kappa shape index (κ2) is 12.9. The third kappa shape index (κ3) is 6.80. The van der Waals surface area contributed by atoms with Crippen LogP contribution in [0.1, 0.15) is 20.8 Å². The lowest BCUT2D eigenvalue weighted by atomic mass is 9.95. The molecule has 0 radical (unpaired) electrons. The molecule has 0 aromatic rings. The number of ether oxygens (including phenoxy) is 6. The molecule has 3 fully saturated rings. The lowest BCUT2D eigenvalue weighted by Crippen LogP contribution is -2.67. The van der Waals surface area contributed by atoms with Gasteiger partial charge in [-0.1, -0.05) is 0 Å². The van der Waals surface area contributed by atoms with Gasteiger partial charge in [0.1, 0.15) is 73.2 Å². The van der Waals surface area contributed by atoms with Crippen LogP contribution in [0.4, 0.5) is 0 Å². The maximum Gasteiger partial charge on any atom is 0.187 e. The van der Waals surface area contributed by atoms with Crippen LogP contribution >= 0.6 is 0 Å². The zero-order valence-corrected chi connectivity index (χ0v) is 21.2. The van der Waals surface area contributed by atoms with Crippen molar-refractivity contribution in [3.63, 3.8) is 0 Å². The van der Waals surface area contributed by atoms with E-state index in [4.69, 9.17) is 28.4 Å². The molecule has 0 spiro atoms. The SMILES string of the molecule is CC(C)(C)OC1C(CO)OC(OC2C(CO)OC(OC3C(CO)OC(O)C(O)C3O)C(O)C2O)C(O)C1O. The van der Waals surface area contributed by atoms with Crippen molar-refractivity contribution in [2.75, 3.05) is 19.8 Å². The van der Waals surface area contributed by atoms with Crippen molar-refractivity contribution >= 4 is 0 Å². The summed E-state index contributed by atoms with van der Waals surface area (Å²) in [5.41, 5.74) is -0.759. The molecule has 16 nitrogen and oxygen atoms in total. The minimum absolute atomic E-state index is 0.617. The Morgan fingerprint density at radius 2 is 0.895 bits per heavy atom. The number of aliphatic hydroxyl groups is 10. The van der Waals surface area contributed by atoms with Gasteiger partial charge in [-0.3, -0.25) is 0 Å². The Morgan fingerprint density at radius 1 is 0.526 bits per heavy atom. The summed E-state index contributed by atoms with van der Waals surface area (Å²) < 4.78 is 32.9. The van der Waals surface area contributed by atoms with E-state index >= 15 is 0 Å². The van der Waals surface area contributed by atoms with Gasteiger partial charge < -0.3 is 79.5 Å². The second-order valence-electron chi connectivity index (χ2n) is 10.5. The molecule has 0 aromatic carbocycles. The summed E-state index contributed by atoms with van der Waals surface area (Å²) in [6.07, 6.45) is -23.9. The molecule has 10 N–H and O–H groups in total. The van der Waals surface area contributed by atoms with Crippen molar-refractivity contribution in [2.24, 2.45) is 0 Å². The third-order valence-corrected chi connectivity index (χ3v) is 6.55. The monoisotopic (exact) mass is 560 g/mol. The van der Waals surface area contributed by atoms with E-state index in [1.54, 1.807) is 20.8 Å². The molecule has 0 aromatic heterocycles. The predicted octanol–water partition coefficient (Wildman–Crippen LogP) is -5.75. The molecule has 0 amide bonds. The maximum atomic E-state index is 10.8. The van der Waals surface area contributed by atoms with Crippen LogP contribution in [0.25, 0.3) is 0 Å². The van der Waals surface area contributed by atoms with Crippen molar-refractivity contribution in [1.82, 2.24) is 0 Å². The number of rotatable bonds is 8. The van der Waals surface area contributed by atoms with Crippen LogP contribution in [0.3, 0.4) is 0 Å². The highest BCUT2D eigenvalue weighted by molar-refractivity contribution is 4.96. The van der Waals surface area contributed by atoms with Crippen LogP contribution in [0, 0.1) is 0 Å². The molecule has 15 atom stereocenters. The van der Waals surface area contributed by atoms with Crippen LogP contribution in [0.2, 0.25) is 0 Å². The van der Waals surface area contributed by atoms with Crippen LogP contribution in [-0.4, -0.2) is 169 Å². The summed E-state index contributed by atoms with van der Waals surface area (Å²) in [6.45, 7) is 2.94. The van der Waals surface area contributed by atoms with E-state index in [2.05, 4.69) is 0 Å². The van der Waals surface area contributed by atoms with Gasteiger partial charge in [0.2, 0.25) is 0 Å². The lowest BCUT2D eigenvalue weighted by Gasteiger charge is -2.48. The highest BCUT2D eigenvalue weighted by Gasteiger charge is 2.53. The summed E-state index contributed by atoms with van der Waals surface area (Å²) in [7, 11) is 0. The van der Waals surface area contributed by atoms with Crippen molar-refractivity contribution in [3.8, 4) is 0 Å². The van der Waals surface area contributed by atoms with Crippen molar-refractivity contribution < 1.29 is 79.5 Å². The predicted molar refractivity (Wildman–Crippen MR) is 120 cm³/mol. The summed E-state index contributed by atoms with van der Waals surface area (Å²) in [5.74, 6) is 0. The van der Waals surface area contributed by atoms with E-state index in [0.717, 1.165) is 0 Å². The van der Waals surface area contributed by atoms with E-state index in [9.17, 15) is 51.1 Å². The van der Waals surface area contributed by atoms with Gasteiger partial charge >= 0.3 is 0 Å². The zero-order valence-electron chi connectivity index (χ0n) is 21.2. The number of hydrogen-bond acceptors (Lipinski definition) is 16. The minimum atomic E-state index is -1.89. The average Bonchev–Trinajstić information content (AvgIpc) is 2.86. The Bertz CT molecular complexity index is 731. The molecule has 0 bridgehead atoms. The fraction of sp³-hybridized carbons (Fsp3) is 1.00. The molecule has 3 saturated heterocycles. The number of hydrogen-bond donors (Lipinski definition) is 10. The second-order valence-corrected chi connectivity index (χ2v) is 10.5. The first-order chi connectivity index (χ1) is 17.7. The zero-order chi connectivity index (χ0) is 28.5. The van der Waals surface area contributed by atoms with Crippen LogP contribution in [-0.2, 0) is 28.4 Å². The summed E-state index contributed by atoms with van der Waals surface area (Å²) in [4.78, 5) is 0. The van der Waals surface area contributed by atoms with E-state index < -0.39 is 118 Å². The Kier molecular flexibility index (Phi) is 10.8. The van der Waals surface area contributed by atoms with E-state index in [-0.39, 0.29) is 0 Å². The Balaban J connectivity index is 1.72. The maximum absolute atomic E-state index is 10.8. The highest BCUT2D eigenvalue weighted by atomic mass is 16.8. The Morgan fingerprint density at radius 3 is 1.32 bits per heavy atom. The van der Waals surface area contributed by atoms with Gasteiger partial charge in [-0.2, -0.15) is 0 Å². The molecule has 0 saturated carbocycles. The van der Waals surface area contributed by atoms with Crippen LogP contribution in [0.5, 0.6) is 0 Å². The first-order valence-corrected chi connectivity index (χ1v) is 12.3. The lowest BCUT2D eigenvalue weighted by molar-refractivity contribution is -0.380. The van der Waals surface area contributed by atoms with Gasteiger partial charge in [-0.25, -0.2) is 0 Å².